The molecule has 37 heavy (non-hydrogen) atoms. The number of rotatable bonds is 14. The number of nitrogens with zero attached hydrogens (tertiary/aromatic N) is 2. The van der Waals surface area contributed by atoms with Gasteiger partial charge in [0, 0.05) is 31.1 Å². The average Bonchev–Trinajstić information content (AvgIpc) is 2.86. The van der Waals surface area contributed by atoms with Crippen molar-refractivity contribution in [3.8, 4) is 5.75 Å². The number of amides is 2. The molecule has 1 N–H and O–H groups in total. The predicted molar refractivity (Wildman–Crippen MR) is 149 cm³/mol. The zero-order valence-electron chi connectivity index (χ0n) is 22.3. The Morgan fingerprint density at radius 2 is 1.78 bits per heavy atom. The third-order valence-electron chi connectivity index (χ3n) is 6.10. The molecule has 0 aliphatic carbocycles. The summed E-state index contributed by atoms with van der Waals surface area (Å²) < 4.78 is 31.6. The minimum atomic E-state index is -3.60. The number of halogens is 1. The topological polar surface area (TPSA) is 96.0 Å². The van der Waals surface area contributed by atoms with Crippen LogP contribution in [0.15, 0.2) is 42.5 Å². The van der Waals surface area contributed by atoms with Crippen LogP contribution in [0.1, 0.15) is 50.7 Å². The Kier molecular flexibility index (Phi) is 11.7. The molecule has 0 aromatic heterocycles. The van der Waals surface area contributed by atoms with Crippen LogP contribution in [0.4, 0.5) is 5.69 Å². The summed E-state index contributed by atoms with van der Waals surface area (Å²) in [5.74, 6) is 0.247. The first kappa shape index (κ1) is 30.4. The van der Waals surface area contributed by atoms with Gasteiger partial charge in [-0.05, 0) is 62.1 Å². The molecule has 2 rings (SSSR count). The Bertz CT molecular complexity index is 1160. The fourth-order valence-corrected chi connectivity index (χ4v) is 5.06. The number of unbranched alkanes of at least 4 members (excludes halogenated alkanes) is 1. The van der Waals surface area contributed by atoms with Crippen molar-refractivity contribution < 1.29 is 22.7 Å². The van der Waals surface area contributed by atoms with Gasteiger partial charge in [-0.3, -0.25) is 13.9 Å². The Morgan fingerprint density at radius 3 is 2.38 bits per heavy atom. The quantitative estimate of drug-likeness (QED) is 0.348. The summed E-state index contributed by atoms with van der Waals surface area (Å²) in [7, 11) is -2.02. The number of hydrogen-bond donors (Lipinski definition) is 1. The molecule has 2 amide bonds. The smallest absolute Gasteiger partial charge is 0.242 e. The van der Waals surface area contributed by atoms with Gasteiger partial charge < -0.3 is 15.0 Å². The first-order chi connectivity index (χ1) is 17.5. The van der Waals surface area contributed by atoms with Gasteiger partial charge in [0.25, 0.3) is 0 Å². The molecule has 0 unspecified atom stereocenters. The maximum absolute atomic E-state index is 13.4. The Labute approximate surface area is 226 Å². The first-order valence-electron chi connectivity index (χ1n) is 12.4. The summed E-state index contributed by atoms with van der Waals surface area (Å²) in [5, 5.41) is 3.33. The van der Waals surface area contributed by atoms with Crippen LogP contribution in [-0.4, -0.2) is 57.6 Å². The molecule has 8 nitrogen and oxygen atoms in total. The largest absolute Gasteiger partial charge is 0.497 e. The van der Waals surface area contributed by atoms with Crippen molar-refractivity contribution >= 4 is 39.1 Å². The molecule has 0 aliphatic heterocycles. The van der Waals surface area contributed by atoms with Gasteiger partial charge in [-0.25, -0.2) is 8.42 Å². The van der Waals surface area contributed by atoms with Gasteiger partial charge in [0.2, 0.25) is 21.8 Å². The molecule has 0 saturated heterocycles. The van der Waals surface area contributed by atoms with Crippen LogP contribution >= 0.6 is 11.6 Å². The molecule has 2 aromatic carbocycles. The van der Waals surface area contributed by atoms with E-state index in [0.29, 0.717) is 23.0 Å². The second kappa shape index (κ2) is 14.2. The zero-order valence-corrected chi connectivity index (χ0v) is 23.9. The van der Waals surface area contributed by atoms with Gasteiger partial charge in [-0.2, -0.15) is 0 Å². The highest BCUT2D eigenvalue weighted by molar-refractivity contribution is 7.92. The van der Waals surface area contributed by atoms with E-state index in [4.69, 9.17) is 16.3 Å². The summed E-state index contributed by atoms with van der Waals surface area (Å²) in [6.45, 7) is 6.46. The molecule has 0 spiro atoms. The fourth-order valence-electron chi connectivity index (χ4n) is 3.88. The number of ether oxygens (including phenoxy) is 1. The molecule has 10 heteroatoms. The number of anilines is 1. The highest BCUT2D eigenvalue weighted by Gasteiger charge is 2.27. The molecule has 2 aromatic rings. The van der Waals surface area contributed by atoms with E-state index in [1.807, 2.05) is 26.0 Å². The van der Waals surface area contributed by atoms with Crippen LogP contribution in [-0.2, 0) is 26.2 Å². The van der Waals surface area contributed by atoms with Gasteiger partial charge in [0.15, 0.2) is 0 Å². The van der Waals surface area contributed by atoms with Crippen molar-refractivity contribution in [3.05, 3.63) is 58.6 Å². The summed E-state index contributed by atoms with van der Waals surface area (Å²) in [6, 6.07) is 11.7. The normalized spacial score (nSPS) is 12.1. The van der Waals surface area contributed by atoms with E-state index in [-0.39, 0.29) is 37.7 Å². The lowest BCUT2D eigenvalue weighted by Crippen LogP contribution is -2.48. The van der Waals surface area contributed by atoms with E-state index in [9.17, 15) is 18.0 Å². The number of carbonyl (C=O) groups excluding carboxylic acids is 2. The van der Waals surface area contributed by atoms with Crippen LogP contribution in [0.3, 0.4) is 0 Å². The molecule has 0 radical (unpaired) electrons. The van der Waals surface area contributed by atoms with Crippen LogP contribution < -0.4 is 14.4 Å². The number of hydrogen-bond acceptors (Lipinski definition) is 5. The molecular formula is C27H38ClN3O5S. The Balaban J connectivity index is 2.18. The first-order valence-corrected chi connectivity index (χ1v) is 14.6. The number of nitrogens with one attached hydrogen (secondary N) is 1. The molecule has 0 heterocycles. The van der Waals surface area contributed by atoms with E-state index in [2.05, 4.69) is 5.32 Å². The third-order valence-corrected chi connectivity index (χ3v) is 7.52. The summed E-state index contributed by atoms with van der Waals surface area (Å²) >= 11 is 6.11. The molecular weight excluding hydrogens is 514 g/mol. The summed E-state index contributed by atoms with van der Waals surface area (Å²) in [4.78, 5) is 27.7. The van der Waals surface area contributed by atoms with E-state index in [0.717, 1.165) is 30.2 Å². The van der Waals surface area contributed by atoms with Gasteiger partial charge in [0.05, 0.1) is 19.1 Å². The summed E-state index contributed by atoms with van der Waals surface area (Å²) in [6.07, 6.45) is 3.30. The number of sulfonamides is 1. The third kappa shape index (κ3) is 9.23. The number of benzene rings is 2. The van der Waals surface area contributed by atoms with Crippen molar-refractivity contribution in [1.29, 1.82) is 0 Å². The van der Waals surface area contributed by atoms with Gasteiger partial charge >= 0.3 is 0 Å². The maximum atomic E-state index is 13.4. The number of carbonyl (C=O) groups is 2. The van der Waals surface area contributed by atoms with E-state index in [1.165, 1.54) is 4.31 Å². The maximum Gasteiger partial charge on any atom is 0.242 e. The molecule has 0 aliphatic rings. The van der Waals surface area contributed by atoms with Crippen LogP contribution in [0.25, 0.3) is 0 Å². The lowest BCUT2D eigenvalue weighted by atomic mass is 10.1. The van der Waals surface area contributed by atoms with Crippen molar-refractivity contribution in [2.24, 2.45) is 0 Å². The van der Waals surface area contributed by atoms with Crippen molar-refractivity contribution in [2.45, 2.75) is 59.0 Å². The van der Waals surface area contributed by atoms with Gasteiger partial charge in [-0.1, -0.05) is 43.1 Å². The highest BCUT2D eigenvalue weighted by Crippen LogP contribution is 2.27. The predicted octanol–water partition coefficient (Wildman–Crippen LogP) is 4.54. The minimum absolute atomic E-state index is 0.0777. The summed E-state index contributed by atoms with van der Waals surface area (Å²) in [5.41, 5.74) is 2.11. The van der Waals surface area contributed by atoms with Crippen LogP contribution in [0.2, 0.25) is 5.02 Å². The Morgan fingerprint density at radius 1 is 1.11 bits per heavy atom. The van der Waals surface area contributed by atoms with E-state index in [1.54, 1.807) is 49.3 Å². The molecule has 0 bridgehead atoms. The number of aryl methyl sites for hydroxylation is 1. The fraction of sp³-hybridized carbons (Fsp3) is 0.481. The SMILES string of the molecule is CCCCNC(=O)[C@H](C)N(Cc1ccc(OC)cc1)C(=O)CCCN(c1cc(Cl)ccc1C)S(C)(=O)=O. The highest BCUT2D eigenvalue weighted by atomic mass is 35.5. The van der Waals surface area contributed by atoms with Gasteiger partial charge in [-0.15, -0.1) is 0 Å². The van der Waals surface area contributed by atoms with Crippen LogP contribution in [0.5, 0.6) is 5.75 Å². The number of methoxy groups -OCH3 is 1. The Hall–Kier alpha value is -2.78. The minimum Gasteiger partial charge on any atom is -0.497 e. The average molecular weight is 552 g/mol. The van der Waals surface area contributed by atoms with E-state index < -0.39 is 16.1 Å². The van der Waals surface area contributed by atoms with Crippen LogP contribution in [0, 0.1) is 6.92 Å². The molecule has 0 saturated carbocycles. The van der Waals surface area contributed by atoms with Crippen molar-refractivity contribution in [1.82, 2.24) is 10.2 Å². The van der Waals surface area contributed by atoms with Crippen molar-refractivity contribution in [2.75, 3.05) is 30.8 Å². The lowest BCUT2D eigenvalue weighted by molar-refractivity contribution is -0.140. The van der Waals surface area contributed by atoms with E-state index >= 15 is 0 Å². The standard InChI is InChI=1S/C27H38ClN3O5S/c1-6-7-16-29-27(33)21(3)30(19-22-11-14-24(36-4)15-12-22)26(32)9-8-17-31(37(5,34)35)25-18-23(28)13-10-20(25)2/h10-15,18,21H,6-9,16-17,19H2,1-5H3,(H,29,33)/t21-/m0/s1. The monoisotopic (exact) mass is 551 g/mol. The molecule has 204 valence electrons. The van der Waals surface area contributed by atoms with Crippen molar-refractivity contribution in [3.63, 3.8) is 0 Å². The second-order valence-corrected chi connectivity index (χ2v) is 11.4. The molecule has 0 fully saturated rings. The zero-order chi connectivity index (χ0) is 27.6. The van der Waals surface area contributed by atoms with Gasteiger partial charge in [0.1, 0.15) is 11.8 Å². The molecule has 1 atom stereocenters. The second-order valence-electron chi connectivity index (χ2n) is 9.06. The lowest BCUT2D eigenvalue weighted by Gasteiger charge is -2.29.